The number of hydrogen-bond donors (Lipinski definition) is 1. The monoisotopic (exact) mass is 190 g/mol. The van der Waals surface area contributed by atoms with Crippen molar-refractivity contribution >= 4 is 0 Å². The predicted octanol–water partition coefficient (Wildman–Crippen LogP) is 1.94. The van der Waals surface area contributed by atoms with E-state index in [-0.39, 0.29) is 6.79 Å². The molecule has 0 bridgehead atoms. The summed E-state index contributed by atoms with van der Waals surface area (Å²) in [6, 6.07) is 0. The summed E-state index contributed by atoms with van der Waals surface area (Å²) in [6.45, 7) is 4.41. The van der Waals surface area contributed by atoms with E-state index >= 15 is 0 Å². The van der Waals surface area contributed by atoms with Crippen LogP contribution in [0.3, 0.4) is 0 Å². The predicted molar refractivity (Wildman–Crippen MR) is 52.6 cm³/mol. The van der Waals surface area contributed by atoms with Crippen LogP contribution in [0.4, 0.5) is 0 Å². The van der Waals surface area contributed by atoms with Crippen LogP contribution in [0.1, 0.15) is 39.0 Å². The highest BCUT2D eigenvalue weighted by molar-refractivity contribution is 4.40. The van der Waals surface area contributed by atoms with Crippen molar-refractivity contribution in [3.63, 3.8) is 0 Å². The molecule has 0 aromatic carbocycles. The molecule has 0 aromatic heterocycles. The van der Waals surface area contributed by atoms with E-state index in [2.05, 4.69) is 6.92 Å². The molecule has 0 unspecified atom stereocenters. The van der Waals surface area contributed by atoms with Crippen LogP contribution in [0.25, 0.3) is 0 Å². The first-order valence-corrected chi connectivity index (χ1v) is 5.18. The summed E-state index contributed by atoms with van der Waals surface area (Å²) < 4.78 is 10.2. The average Bonchev–Trinajstić information content (AvgIpc) is 2.16. The lowest BCUT2D eigenvalue weighted by Crippen LogP contribution is -1.99. The first kappa shape index (κ1) is 12.9. The molecule has 1 N–H and O–H groups in total. The standard InChI is InChI=1S/C10H22O3/c1-2-3-7-12-8-5-4-6-9-13-10-11/h11H,2-10H2,1H3. The maximum atomic E-state index is 8.32. The summed E-state index contributed by atoms with van der Waals surface area (Å²) in [5.74, 6) is 0. The number of rotatable bonds is 10. The maximum Gasteiger partial charge on any atom is 0.143 e. The van der Waals surface area contributed by atoms with Crippen LogP contribution in [-0.2, 0) is 9.47 Å². The minimum absolute atomic E-state index is 0.160. The van der Waals surface area contributed by atoms with Gasteiger partial charge in [-0.2, -0.15) is 0 Å². The van der Waals surface area contributed by atoms with Crippen molar-refractivity contribution in [2.45, 2.75) is 39.0 Å². The summed E-state index contributed by atoms with van der Waals surface area (Å²) in [5, 5.41) is 8.32. The molecule has 0 radical (unpaired) electrons. The van der Waals surface area contributed by atoms with Gasteiger partial charge in [-0.15, -0.1) is 0 Å². The highest BCUT2D eigenvalue weighted by Crippen LogP contribution is 1.97. The van der Waals surface area contributed by atoms with Crippen LogP contribution >= 0.6 is 0 Å². The second-order valence-electron chi connectivity index (χ2n) is 3.06. The van der Waals surface area contributed by atoms with Gasteiger partial charge in [0.25, 0.3) is 0 Å². The van der Waals surface area contributed by atoms with Crippen LogP contribution in [0.15, 0.2) is 0 Å². The fraction of sp³-hybridized carbons (Fsp3) is 1.00. The van der Waals surface area contributed by atoms with Gasteiger partial charge >= 0.3 is 0 Å². The topological polar surface area (TPSA) is 38.7 Å². The lowest BCUT2D eigenvalue weighted by atomic mass is 10.2. The molecular weight excluding hydrogens is 168 g/mol. The van der Waals surface area contributed by atoms with E-state index in [1.165, 1.54) is 6.42 Å². The van der Waals surface area contributed by atoms with Crippen molar-refractivity contribution in [1.82, 2.24) is 0 Å². The van der Waals surface area contributed by atoms with Crippen molar-refractivity contribution in [2.24, 2.45) is 0 Å². The first-order valence-electron chi connectivity index (χ1n) is 5.18. The van der Waals surface area contributed by atoms with E-state index in [0.717, 1.165) is 38.9 Å². The third-order valence-electron chi connectivity index (χ3n) is 1.81. The largest absolute Gasteiger partial charge is 0.381 e. The minimum atomic E-state index is -0.160. The quantitative estimate of drug-likeness (QED) is 0.422. The Bertz CT molecular complexity index is 76.2. The lowest BCUT2D eigenvalue weighted by Gasteiger charge is -2.03. The average molecular weight is 190 g/mol. The van der Waals surface area contributed by atoms with Crippen LogP contribution in [0.2, 0.25) is 0 Å². The number of aliphatic hydroxyl groups is 1. The molecular formula is C10H22O3. The van der Waals surface area contributed by atoms with Gasteiger partial charge in [0.2, 0.25) is 0 Å². The molecule has 0 aliphatic carbocycles. The van der Waals surface area contributed by atoms with Crippen molar-refractivity contribution in [3.05, 3.63) is 0 Å². The summed E-state index contributed by atoms with van der Waals surface area (Å²) in [6.07, 6.45) is 5.58. The molecule has 0 amide bonds. The molecule has 0 aromatic rings. The lowest BCUT2D eigenvalue weighted by molar-refractivity contribution is -0.00335. The molecule has 0 spiro atoms. The minimum Gasteiger partial charge on any atom is -0.381 e. The number of hydrogen-bond acceptors (Lipinski definition) is 3. The zero-order valence-corrected chi connectivity index (χ0v) is 8.63. The molecule has 3 heteroatoms. The molecule has 0 atom stereocenters. The molecule has 0 saturated carbocycles. The van der Waals surface area contributed by atoms with Gasteiger partial charge in [-0.05, 0) is 25.7 Å². The van der Waals surface area contributed by atoms with Gasteiger partial charge in [0.05, 0.1) is 0 Å². The summed E-state index contributed by atoms with van der Waals surface area (Å²) in [7, 11) is 0. The molecule has 0 heterocycles. The third-order valence-corrected chi connectivity index (χ3v) is 1.81. The van der Waals surface area contributed by atoms with Crippen molar-refractivity contribution < 1.29 is 14.6 Å². The fourth-order valence-corrected chi connectivity index (χ4v) is 0.998. The van der Waals surface area contributed by atoms with Crippen LogP contribution in [0, 0.1) is 0 Å². The summed E-state index contributed by atoms with van der Waals surface area (Å²) in [4.78, 5) is 0. The van der Waals surface area contributed by atoms with Gasteiger partial charge in [0.1, 0.15) is 6.79 Å². The highest BCUT2D eigenvalue weighted by Gasteiger charge is 1.90. The van der Waals surface area contributed by atoms with E-state index in [4.69, 9.17) is 14.6 Å². The van der Waals surface area contributed by atoms with Crippen LogP contribution in [0.5, 0.6) is 0 Å². The molecule has 0 aliphatic heterocycles. The Morgan fingerprint density at radius 3 is 2.08 bits per heavy atom. The van der Waals surface area contributed by atoms with Crippen molar-refractivity contribution in [1.29, 1.82) is 0 Å². The smallest absolute Gasteiger partial charge is 0.143 e. The Kier molecular flexibility index (Phi) is 11.8. The SMILES string of the molecule is CCCCOCCCCCOCO. The van der Waals surface area contributed by atoms with E-state index < -0.39 is 0 Å². The van der Waals surface area contributed by atoms with Gasteiger partial charge in [-0.25, -0.2) is 0 Å². The Hall–Kier alpha value is -0.120. The Morgan fingerprint density at radius 1 is 0.846 bits per heavy atom. The Balaban J connectivity index is 2.76. The van der Waals surface area contributed by atoms with Gasteiger partial charge in [-0.3, -0.25) is 0 Å². The van der Waals surface area contributed by atoms with E-state index in [1.807, 2.05) is 0 Å². The van der Waals surface area contributed by atoms with E-state index in [1.54, 1.807) is 0 Å². The van der Waals surface area contributed by atoms with Gasteiger partial charge in [0.15, 0.2) is 0 Å². The summed E-state index contributed by atoms with van der Waals surface area (Å²) in [5.41, 5.74) is 0. The molecule has 3 nitrogen and oxygen atoms in total. The second-order valence-corrected chi connectivity index (χ2v) is 3.06. The third kappa shape index (κ3) is 11.9. The molecule has 0 fully saturated rings. The highest BCUT2D eigenvalue weighted by atomic mass is 16.6. The number of aliphatic hydroxyl groups excluding tert-OH is 1. The zero-order chi connectivity index (χ0) is 9.78. The second kappa shape index (κ2) is 11.9. The zero-order valence-electron chi connectivity index (χ0n) is 8.63. The molecule has 0 saturated heterocycles. The fourth-order valence-electron chi connectivity index (χ4n) is 0.998. The van der Waals surface area contributed by atoms with Crippen molar-refractivity contribution in [2.75, 3.05) is 26.6 Å². The number of unbranched alkanes of at least 4 members (excludes halogenated alkanes) is 3. The van der Waals surface area contributed by atoms with Gasteiger partial charge in [0, 0.05) is 19.8 Å². The van der Waals surface area contributed by atoms with Crippen LogP contribution in [-0.4, -0.2) is 31.7 Å². The molecule has 0 aliphatic rings. The van der Waals surface area contributed by atoms with Gasteiger partial charge < -0.3 is 14.6 Å². The Labute approximate surface area is 81.0 Å². The van der Waals surface area contributed by atoms with Gasteiger partial charge in [-0.1, -0.05) is 13.3 Å². The molecule has 80 valence electrons. The van der Waals surface area contributed by atoms with Crippen LogP contribution < -0.4 is 0 Å². The number of ether oxygens (including phenoxy) is 2. The van der Waals surface area contributed by atoms with Crippen molar-refractivity contribution in [3.8, 4) is 0 Å². The van der Waals surface area contributed by atoms with E-state index in [9.17, 15) is 0 Å². The molecule has 0 rings (SSSR count). The maximum absolute atomic E-state index is 8.32. The summed E-state index contributed by atoms with van der Waals surface area (Å²) >= 11 is 0. The first-order chi connectivity index (χ1) is 6.41. The Morgan fingerprint density at radius 2 is 1.46 bits per heavy atom. The van der Waals surface area contributed by atoms with E-state index in [0.29, 0.717) is 6.61 Å². The normalized spacial score (nSPS) is 10.6. The molecule has 13 heavy (non-hydrogen) atoms.